The summed E-state index contributed by atoms with van der Waals surface area (Å²) in [5.74, 6) is -0.500. The average molecular weight is 212 g/mol. The van der Waals surface area contributed by atoms with Gasteiger partial charge in [0, 0.05) is 38.5 Å². The zero-order chi connectivity index (χ0) is 6.69. The summed E-state index contributed by atoms with van der Waals surface area (Å²) >= 11 is 0. The molecule has 0 heterocycles. The van der Waals surface area contributed by atoms with Gasteiger partial charge in [0.05, 0.1) is 6.29 Å². The topological polar surface area (TPSA) is 17.1 Å². The molecule has 0 fully saturated rings. The Balaban J connectivity index is 0.000000810. The van der Waals surface area contributed by atoms with Crippen molar-refractivity contribution in [2.45, 2.75) is 0 Å². The molecule has 0 spiro atoms. The summed E-state index contributed by atoms with van der Waals surface area (Å²) in [4.78, 5) is 9.96. The minimum Gasteiger partial charge on any atom is -0.355 e. The maximum absolute atomic E-state index is 12.1. The van der Waals surface area contributed by atoms with Crippen LogP contribution in [-0.4, -0.2) is 6.29 Å². The normalized spacial score (nSPS) is 8.10. The van der Waals surface area contributed by atoms with Crippen LogP contribution in [0.2, 0.25) is 0 Å². The van der Waals surface area contributed by atoms with Gasteiger partial charge in [-0.15, -0.1) is 29.8 Å². The quantitative estimate of drug-likeness (QED) is 0.508. The molecule has 0 aliphatic rings. The number of hydrogen-bond acceptors (Lipinski definition) is 1. The molecule has 0 unspecified atom stereocenters. The van der Waals surface area contributed by atoms with Crippen LogP contribution in [0, 0.1) is 11.9 Å². The van der Waals surface area contributed by atoms with Crippen molar-refractivity contribution >= 4 is 6.29 Å². The molecule has 1 radical (unpaired) electrons. The van der Waals surface area contributed by atoms with Crippen LogP contribution < -0.4 is 0 Å². The Labute approximate surface area is 83.5 Å². The summed E-state index contributed by atoms with van der Waals surface area (Å²) < 4.78 is 12.1. The first-order valence-electron chi connectivity index (χ1n) is 2.46. The summed E-state index contributed by atoms with van der Waals surface area (Å²) in [5, 5.41) is 0. The van der Waals surface area contributed by atoms with Crippen molar-refractivity contribution in [3.05, 3.63) is 35.6 Å². The largest absolute Gasteiger partial charge is 0.355 e. The smallest absolute Gasteiger partial charge is 0.0656 e. The Kier molecular flexibility index (Phi) is 4.66. The molecule has 1 nitrogen and oxygen atoms in total. The molecular weight excluding hydrogens is 208 g/mol. The van der Waals surface area contributed by atoms with Gasteiger partial charge >= 0.3 is 0 Å². The van der Waals surface area contributed by atoms with Gasteiger partial charge in [0.1, 0.15) is 0 Å². The van der Waals surface area contributed by atoms with Crippen LogP contribution >= 0.6 is 0 Å². The third-order valence-electron chi connectivity index (χ3n) is 0.909. The number of benzene rings is 1. The van der Waals surface area contributed by atoms with Crippen molar-refractivity contribution in [1.29, 1.82) is 0 Å². The van der Waals surface area contributed by atoms with Crippen molar-refractivity contribution in [2.75, 3.05) is 0 Å². The van der Waals surface area contributed by atoms with E-state index in [0.717, 1.165) is 0 Å². The van der Waals surface area contributed by atoms with Crippen molar-refractivity contribution in [3.8, 4) is 0 Å². The number of carbonyl (C=O) groups excluding carboxylic acids is 1. The van der Waals surface area contributed by atoms with Crippen molar-refractivity contribution in [2.24, 2.45) is 0 Å². The fourth-order valence-corrected chi connectivity index (χ4v) is 0.526. The van der Waals surface area contributed by atoms with Crippen molar-refractivity contribution < 1.29 is 41.9 Å². The SMILES string of the molecule is O=Cc1[c-]c(F)ccc1.[Y]. The second kappa shape index (κ2) is 4.70. The second-order valence-corrected chi connectivity index (χ2v) is 1.57. The van der Waals surface area contributed by atoms with Crippen LogP contribution in [0.4, 0.5) is 4.39 Å². The molecule has 10 heavy (non-hydrogen) atoms. The molecule has 0 bridgehead atoms. The predicted molar refractivity (Wildman–Crippen MR) is 30.6 cm³/mol. The molecule has 1 aromatic carbocycles. The van der Waals surface area contributed by atoms with Crippen molar-refractivity contribution in [1.82, 2.24) is 0 Å². The number of carbonyl (C=O) groups is 1. The van der Waals surface area contributed by atoms with Gasteiger partial charge < -0.3 is 4.79 Å². The molecule has 0 aliphatic carbocycles. The molecule has 0 aromatic heterocycles. The Hall–Kier alpha value is -0.0761. The van der Waals surface area contributed by atoms with Crippen LogP contribution in [0.3, 0.4) is 0 Å². The first kappa shape index (κ1) is 9.92. The fourth-order valence-electron chi connectivity index (χ4n) is 0.526. The molecular formula is C7H4FOY-. The van der Waals surface area contributed by atoms with Crippen LogP contribution in [0.15, 0.2) is 18.2 Å². The van der Waals surface area contributed by atoms with Gasteiger partial charge in [-0.25, -0.2) is 4.39 Å². The van der Waals surface area contributed by atoms with E-state index in [1.807, 2.05) is 0 Å². The Bertz CT molecular complexity index is 225. The van der Waals surface area contributed by atoms with E-state index in [-0.39, 0.29) is 38.3 Å². The molecule has 1 aromatic rings. The molecule has 0 amide bonds. The zero-order valence-electron chi connectivity index (χ0n) is 5.17. The molecule has 49 valence electrons. The molecule has 0 saturated carbocycles. The zero-order valence-corrected chi connectivity index (χ0v) is 8.01. The molecule has 1 rings (SSSR count). The van der Waals surface area contributed by atoms with Crippen LogP contribution in [0.5, 0.6) is 0 Å². The summed E-state index contributed by atoms with van der Waals surface area (Å²) in [7, 11) is 0. The number of rotatable bonds is 1. The van der Waals surface area contributed by atoms with E-state index in [1.165, 1.54) is 18.2 Å². The van der Waals surface area contributed by atoms with E-state index >= 15 is 0 Å². The summed E-state index contributed by atoms with van der Waals surface area (Å²) in [6, 6.07) is 6.43. The van der Waals surface area contributed by atoms with Crippen LogP contribution in [0.25, 0.3) is 0 Å². The summed E-state index contributed by atoms with van der Waals surface area (Å²) in [6.45, 7) is 0. The van der Waals surface area contributed by atoms with Gasteiger partial charge in [0.25, 0.3) is 0 Å². The van der Waals surface area contributed by atoms with Gasteiger partial charge in [-0.3, -0.25) is 0 Å². The van der Waals surface area contributed by atoms with Gasteiger partial charge in [0.15, 0.2) is 0 Å². The molecule has 3 heteroatoms. The maximum atomic E-state index is 12.1. The van der Waals surface area contributed by atoms with Gasteiger partial charge in [-0.1, -0.05) is 0 Å². The molecule has 0 atom stereocenters. The third kappa shape index (κ3) is 2.67. The van der Waals surface area contributed by atoms with E-state index in [1.54, 1.807) is 0 Å². The Morgan fingerprint density at radius 2 is 2.20 bits per heavy atom. The van der Waals surface area contributed by atoms with Crippen molar-refractivity contribution in [3.63, 3.8) is 0 Å². The van der Waals surface area contributed by atoms with Crippen LogP contribution in [0.1, 0.15) is 10.4 Å². The summed E-state index contributed by atoms with van der Waals surface area (Å²) in [5.41, 5.74) is 0.245. The molecule has 0 N–H and O–H groups in total. The van der Waals surface area contributed by atoms with Gasteiger partial charge in [-0.2, -0.15) is 0 Å². The maximum Gasteiger partial charge on any atom is 0.0656 e. The average Bonchev–Trinajstić information content (AvgIpc) is 1.88. The van der Waals surface area contributed by atoms with Gasteiger partial charge in [0.2, 0.25) is 0 Å². The first-order chi connectivity index (χ1) is 4.33. The minimum atomic E-state index is -0.500. The monoisotopic (exact) mass is 212 g/mol. The fraction of sp³-hybridized carbons (Fsp3) is 0. The Morgan fingerprint density at radius 3 is 2.60 bits per heavy atom. The van der Waals surface area contributed by atoms with Gasteiger partial charge in [-0.05, 0) is 0 Å². The van der Waals surface area contributed by atoms with E-state index in [2.05, 4.69) is 6.07 Å². The van der Waals surface area contributed by atoms with Crippen LogP contribution in [-0.2, 0) is 32.7 Å². The molecule has 0 aliphatic heterocycles. The first-order valence-corrected chi connectivity index (χ1v) is 2.46. The number of halogens is 1. The minimum absolute atomic E-state index is 0. The van der Waals surface area contributed by atoms with E-state index < -0.39 is 5.82 Å². The third-order valence-corrected chi connectivity index (χ3v) is 0.909. The standard InChI is InChI=1S/C7H4FO.Y/c8-7-3-1-2-6(4-7)5-9;/h1-3,5H;/q-1;. The second-order valence-electron chi connectivity index (χ2n) is 1.57. The number of aldehydes is 1. The summed E-state index contributed by atoms with van der Waals surface area (Å²) in [6.07, 6.45) is 0.559. The predicted octanol–water partition coefficient (Wildman–Crippen LogP) is 1.44. The number of hydrogen-bond donors (Lipinski definition) is 0. The van der Waals surface area contributed by atoms with E-state index in [0.29, 0.717) is 6.29 Å². The van der Waals surface area contributed by atoms with E-state index in [9.17, 15) is 9.18 Å². The molecule has 0 saturated heterocycles. The van der Waals surface area contributed by atoms with E-state index in [4.69, 9.17) is 0 Å². The Morgan fingerprint density at radius 1 is 1.50 bits per heavy atom.